The van der Waals surface area contributed by atoms with Crippen LogP contribution in [-0.2, 0) is 11.2 Å². The Labute approximate surface area is 205 Å². The summed E-state index contributed by atoms with van der Waals surface area (Å²) >= 11 is 0. The zero-order valence-corrected chi connectivity index (χ0v) is 19.9. The molecule has 2 N–H and O–H groups in total. The number of benzene rings is 1. The summed E-state index contributed by atoms with van der Waals surface area (Å²) < 4.78 is 35.6. The molecular weight excluding hydrogens is 470 g/mol. The van der Waals surface area contributed by atoms with Gasteiger partial charge < -0.3 is 15.4 Å². The van der Waals surface area contributed by atoms with E-state index >= 15 is 0 Å². The summed E-state index contributed by atoms with van der Waals surface area (Å²) in [5.74, 6) is -3.09. The summed E-state index contributed by atoms with van der Waals surface area (Å²) in [6, 6.07) is 5.35. The Morgan fingerprint density at radius 2 is 1.86 bits per heavy atom. The number of anilines is 2. The number of nitrogens with one attached hydrogen (secondary N) is 2. The van der Waals surface area contributed by atoms with Crippen molar-refractivity contribution in [1.82, 2.24) is 24.9 Å². The van der Waals surface area contributed by atoms with E-state index in [0.29, 0.717) is 29.1 Å². The van der Waals surface area contributed by atoms with Gasteiger partial charge in [-0.15, -0.1) is 0 Å². The fourth-order valence-corrected chi connectivity index (χ4v) is 3.89. The Morgan fingerprint density at radius 1 is 1.11 bits per heavy atom. The summed E-state index contributed by atoms with van der Waals surface area (Å²) in [4.78, 5) is 33.1. The zero-order valence-electron chi connectivity index (χ0n) is 19.9. The molecule has 0 bridgehead atoms. The third-order valence-electron chi connectivity index (χ3n) is 5.60. The lowest BCUT2D eigenvalue weighted by atomic mass is 10.00. The highest BCUT2D eigenvalue weighted by atomic mass is 19.1. The summed E-state index contributed by atoms with van der Waals surface area (Å²) in [6.07, 6.45) is 6.54. The topological polar surface area (TPSA) is 111 Å². The third-order valence-corrected chi connectivity index (χ3v) is 5.60. The standard InChI is InChI=1S/C25H24F2N6O3/c1-14(2)21-17(25(35)36-3)12-33-22(21)23(30-13-31-33)32-20-10-16(18(26)11-19(20)27)24(34)29-9-6-15-4-7-28-8-5-15/h4-5,7-8,10-14H,6,9H2,1-3H3,(H,29,34)(H,30,31,32). The van der Waals surface area contributed by atoms with Gasteiger partial charge in [0.2, 0.25) is 0 Å². The first-order valence-corrected chi connectivity index (χ1v) is 11.2. The average Bonchev–Trinajstić information content (AvgIpc) is 3.27. The molecule has 0 aliphatic rings. The Kier molecular flexibility index (Phi) is 7.18. The van der Waals surface area contributed by atoms with Crippen LogP contribution in [0.3, 0.4) is 0 Å². The Morgan fingerprint density at radius 3 is 2.56 bits per heavy atom. The highest BCUT2D eigenvalue weighted by Gasteiger charge is 2.24. The normalized spacial score (nSPS) is 11.1. The van der Waals surface area contributed by atoms with Gasteiger partial charge in [-0.25, -0.2) is 23.1 Å². The molecule has 0 saturated heterocycles. The van der Waals surface area contributed by atoms with Crippen LogP contribution >= 0.6 is 0 Å². The van der Waals surface area contributed by atoms with Crippen molar-refractivity contribution in [3.63, 3.8) is 0 Å². The molecule has 186 valence electrons. The number of fused-ring (bicyclic) bond motifs is 1. The molecule has 0 aliphatic heterocycles. The monoisotopic (exact) mass is 494 g/mol. The van der Waals surface area contributed by atoms with Crippen molar-refractivity contribution in [2.45, 2.75) is 26.2 Å². The van der Waals surface area contributed by atoms with Gasteiger partial charge in [0, 0.05) is 36.8 Å². The van der Waals surface area contributed by atoms with E-state index in [1.807, 2.05) is 26.0 Å². The number of carbonyl (C=O) groups excluding carboxylic acids is 2. The minimum absolute atomic E-state index is 0.129. The smallest absolute Gasteiger partial charge is 0.339 e. The van der Waals surface area contributed by atoms with Crippen LogP contribution in [0.4, 0.5) is 20.3 Å². The van der Waals surface area contributed by atoms with Crippen LogP contribution in [0.15, 0.2) is 49.2 Å². The van der Waals surface area contributed by atoms with Gasteiger partial charge in [0.05, 0.1) is 23.9 Å². The maximum absolute atomic E-state index is 14.7. The van der Waals surface area contributed by atoms with Crippen molar-refractivity contribution in [2.75, 3.05) is 19.0 Å². The highest BCUT2D eigenvalue weighted by Crippen LogP contribution is 2.32. The second kappa shape index (κ2) is 10.5. The van der Waals surface area contributed by atoms with Gasteiger partial charge in [-0.05, 0) is 36.1 Å². The predicted molar refractivity (Wildman–Crippen MR) is 128 cm³/mol. The Balaban J connectivity index is 1.64. The second-order valence-corrected chi connectivity index (χ2v) is 8.30. The third kappa shape index (κ3) is 4.99. The number of pyridine rings is 1. The number of ether oxygens (including phenoxy) is 1. The number of hydrogen-bond donors (Lipinski definition) is 2. The maximum atomic E-state index is 14.7. The molecule has 4 aromatic rings. The van der Waals surface area contributed by atoms with E-state index in [0.717, 1.165) is 11.6 Å². The molecule has 1 aromatic carbocycles. The first kappa shape index (κ1) is 24.7. The number of hydrogen-bond acceptors (Lipinski definition) is 7. The number of methoxy groups -OCH3 is 1. The molecule has 9 nitrogen and oxygen atoms in total. The second-order valence-electron chi connectivity index (χ2n) is 8.30. The zero-order chi connectivity index (χ0) is 25.8. The lowest BCUT2D eigenvalue weighted by Gasteiger charge is -2.13. The Hall–Kier alpha value is -4.41. The summed E-state index contributed by atoms with van der Waals surface area (Å²) in [5.41, 5.74) is 1.80. The van der Waals surface area contributed by atoms with Crippen molar-refractivity contribution in [1.29, 1.82) is 0 Å². The van der Waals surface area contributed by atoms with Crippen molar-refractivity contribution in [3.8, 4) is 0 Å². The fourth-order valence-electron chi connectivity index (χ4n) is 3.89. The molecule has 0 fully saturated rings. The molecule has 0 spiro atoms. The molecule has 3 heterocycles. The molecule has 3 aromatic heterocycles. The molecule has 11 heteroatoms. The molecule has 0 radical (unpaired) electrons. The summed E-state index contributed by atoms with van der Waals surface area (Å²) in [5, 5.41) is 9.62. The van der Waals surface area contributed by atoms with Crippen molar-refractivity contribution >= 4 is 28.9 Å². The van der Waals surface area contributed by atoms with Gasteiger partial charge >= 0.3 is 5.97 Å². The number of amides is 1. The van der Waals surface area contributed by atoms with Crippen LogP contribution in [0, 0.1) is 11.6 Å². The van der Waals surface area contributed by atoms with E-state index in [9.17, 15) is 18.4 Å². The minimum Gasteiger partial charge on any atom is -0.465 e. The van der Waals surface area contributed by atoms with Crippen molar-refractivity contribution in [2.24, 2.45) is 0 Å². The quantitative estimate of drug-likeness (QED) is 0.356. The molecule has 0 atom stereocenters. The fraction of sp³-hybridized carbons (Fsp3) is 0.240. The first-order valence-electron chi connectivity index (χ1n) is 11.2. The largest absolute Gasteiger partial charge is 0.465 e. The average molecular weight is 495 g/mol. The van der Waals surface area contributed by atoms with E-state index in [2.05, 4.69) is 25.7 Å². The molecule has 1 amide bonds. The van der Waals surface area contributed by atoms with Gasteiger partial charge in [0.25, 0.3) is 5.91 Å². The predicted octanol–water partition coefficient (Wildman–Crippen LogP) is 4.03. The number of halogens is 2. The van der Waals surface area contributed by atoms with Crippen LogP contribution < -0.4 is 10.6 Å². The van der Waals surface area contributed by atoms with E-state index in [-0.39, 0.29) is 29.5 Å². The molecule has 0 saturated carbocycles. The van der Waals surface area contributed by atoms with E-state index in [1.165, 1.54) is 24.1 Å². The van der Waals surface area contributed by atoms with Crippen LogP contribution in [0.1, 0.15) is 51.6 Å². The summed E-state index contributed by atoms with van der Waals surface area (Å²) in [6.45, 7) is 4.02. The van der Waals surface area contributed by atoms with Crippen LogP contribution in [0.25, 0.3) is 5.52 Å². The van der Waals surface area contributed by atoms with Crippen molar-refractivity contribution < 1.29 is 23.1 Å². The van der Waals surface area contributed by atoms with Crippen LogP contribution in [0.2, 0.25) is 0 Å². The molecule has 0 unspecified atom stereocenters. The van der Waals surface area contributed by atoms with Crippen LogP contribution in [-0.4, -0.2) is 45.1 Å². The first-order chi connectivity index (χ1) is 17.3. The van der Waals surface area contributed by atoms with Gasteiger partial charge in [0.15, 0.2) is 5.82 Å². The SMILES string of the molecule is COC(=O)c1cn2ncnc(Nc3cc(C(=O)NCCc4ccncc4)c(F)cc3F)c2c1C(C)C. The molecule has 0 aliphatic carbocycles. The van der Waals surface area contributed by atoms with Gasteiger partial charge in [-0.1, -0.05) is 13.8 Å². The van der Waals surface area contributed by atoms with E-state index in [1.54, 1.807) is 12.4 Å². The highest BCUT2D eigenvalue weighted by molar-refractivity contribution is 5.97. The minimum atomic E-state index is -0.995. The molecular formula is C25H24F2N6O3. The summed E-state index contributed by atoms with van der Waals surface area (Å²) in [7, 11) is 1.27. The van der Waals surface area contributed by atoms with Crippen LogP contribution in [0.5, 0.6) is 0 Å². The number of carbonyl (C=O) groups is 2. The van der Waals surface area contributed by atoms with Gasteiger partial charge in [-0.2, -0.15) is 5.10 Å². The number of rotatable bonds is 8. The lowest BCUT2D eigenvalue weighted by Crippen LogP contribution is -2.26. The number of nitrogens with zero attached hydrogens (tertiary/aromatic N) is 4. The number of aromatic nitrogens is 4. The maximum Gasteiger partial charge on any atom is 0.339 e. The Bertz CT molecular complexity index is 1420. The molecule has 36 heavy (non-hydrogen) atoms. The van der Waals surface area contributed by atoms with Gasteiger partial charge in [0.1, 0.15) is 23.5 Å². The number of esters is 1. The lowest BCUT2D eigenvalue weighted by molar-refractivity contribution is 0.0599. The van der Waals surface area contributed by atoms with Crippen molar-refractivity contribution in [3.05, 3.63) is 83.1 Å². The van der Waals surface area contributed by atoms with E-state index < -0.39 is 23.5 Å². The molecule has 4 rings (SSSR count). The van der Waals surface area contributed by atoms with E-state index in [4.69, 9.17) is 4.74 Å². The van der Waals surface area contributed by atoms with Gasteiger partial charge in [-0.3, -0.25) is 9.78 Å².